The van der Waals surface area contributed by atoms with Gasteiger partial charge in [-0.2, -0.15) is 5.10 Å². The van der Waals surface area contributed by atoms with Crippen LogP contribution >= 0.6 is 11.3 Å². The van der Waals surface area contributed by atoms with Crippen molar-refractivity contribution in [2.75, 3.05) is 5.32 Å². The van der Waals surface area contributed by atoms with Crippen LogP contribution in [-0.4, -0.2) is 21.1 Å². The van der Waals surface area contributed by atoms with Gasteiger partial charge in [0.25, 0.3) is 11.5 Å². The molecule has 2 aromatic carbocycles. The molecule has 1 amide bonds. The Hall–Kier alpha value is -3.32. The number of hydrogen-bond donors (Lipinski definition) is 2. The number of hydrogen-bond acceptors (Lipinski definition) is 5. The van der Waals surface area contributed by atoms with E-state index in [9.17, 15) is 9.59 Å². The van der Waals surface area contributed by atoms with E-state index in [4.69, 9.17) is 0 Å². The summed E-state index contributed by atoms with van der Waals surface area (Å²) in [4.78, 5) is 27.9. The van der Waals surface area contributed by atoms with E-state index >= 15 is 0 Å². The van der Waals surface area contributed by atoms with Gasteiger partial charge >= 0.3 is 0 Å². The molecule has 0 saturated heterocycles. The Kier molecular flexibility index (Phi) is 3.83. The summed E-state index contributed by atoms with van der Waals surface area (Å²) in [5.41, 5.74) is 2.30. The molecule has 2 heterocycles. The van der Waals surface area contributed by atoms with Crippen LogP contribution < -0.4 is 10.9 Å². The van der Waals surface area contributed by atoms with Crippen molar-refractivity contribution in [3.05, 3.63) is 76.7 Å². The smallest absolute Gasteiger partial charge is 0.276 e. The molecule has 0 aliphatic heterocycles. The Morgan fingerprint density at radius 3 is 2.72 bits per heavy atom. The van der Waals surface area contributed by atoms with Crippen molar-refractivity contribution in [2.24, 2.45) is 0 Å². The minimum absolute atomic E-state index is 0.144. The normalized spacial score (nSPS) is 10.7. The first-order chi connectivity index (χ1) is 12.2. The molecule has 0 saturated carbocycles. The van der Waals surface area contributed by atoms with Gasteiger partial charge in [0, 0.05) is 17.3 Å². The van der Waals surface area contributed by atoms with Crippen molar-refractivity contribution in [1.29, 1.82) is 0 Å². The van der Waals surface area contributed by atoms with Crippen LogP contribution in [0.15, 0.2) is 65.5 Å². The summed E-state index contributed by atoms with van der Waals surface area (Å²) in [5, 5.41) is 9.63. The highest BCUT2D eigenvalue weighted by Crippen LogP contribution is 2.31. The van der Waals surface area contributed by atoms with Gasteiger partial charge in [0.05, 0.1) is 10.2 Å². The zero-order valence-corrected chi connectivity index (χ0v) is 13.7. The third-order valence-electron chi connectivity index (χ3n) is 3.57. The molecule has 0 unspecified atom stereocenters. The van der Waals surface area contributed by atoms with Gasteiger partial charge in [0.15, 0.2) is 0 Å². The van der Waals surface area contributed by atoms with E-state index in [1.165, 1.54) is 12.1 Å². The minimum atomic E-state index is -0.391. The Morgan fingerprint density at radius 1 is 1.04 bits per heavy atom. The van der Waals surface area contributed by atoms with Crippen LogP contribution in [0.25, 0.3) is 20.8 Å². The lowest BCUT2D eigenvalue weighted by molar-refractivity contribution is 0.102. The van der Waals surface area contributed by atoms with E-state index in [-0.39, 0.29) is 11.3 Å². The number of anilines is 1. The molecule has 122 valence electrons. The second-order valence-electron chi connectivity index (χ2n) is 5.33. The topological polar surface area (TPSA) is 87.7 Å². The summed E-state index contributed by atoms with van der Waals surface area (Å²) < 4.78 is 1.12. The van der Waals surface area contributed by atoms with Gasteiger partial charge in [0.2, 0.25) is 0 Å². The van der Waals surface area contributed by atoms with Crippen molar-refractivity contribution in [1.82, 2.24) is 15.2 Å². The molecule has 25 heavy (non-hydrogen) atoms. The number of nitrogens with one attached hydrogen (secondary N) is 2. The fraction of sp³-hybridized carbons (Fsp3) is 0. The van der Waals surface area contributed by atoms with E-state index in [2.05, 4.69) is 20.5 Å². The monoisotopic (exact) mass is 348 g/mol. The zero-order valence-electron chi connectivity index (χ0n) is 12.9. The number of benzene rings is 2. The molecular weight excluding hydrogens is 336 g/mol. The Bertz CT molecular complexity index is 1080. The number of aromatic nitrogens is 3. The molecule has 6 nitrogen and oxygen atoms in total. The van der Waals surface area contributed by atoms with Crippen LogP contribution in [0.5, 0.6) is 0 Å². The molecule has 4 rings (SSSR count). The Labute approximate surface area is 146 Å². The van der Waals surface area contributed by atoms with Crippen molar-refractivity contribution in [2.45, 2.75) is 0 Å². The van der Waals surface area contributed by atoms with Gasteiger partial charge in [0.1, 0.15) is 10.7 Å². The van der Waals surface area contributed by atoms with E-state index in [1.807, 2.05) is 42.5 Å². The molecule has 0 aliphatic rings. The van der Waals surface area contributed by atoms with Crippen molar-refractivity contribution < 1.29 is 4.79 Å². The fourth-order valence-corrected chi connectivity index (χ4v) is 3.35. The summed E-state index contributed by atoms with van der Waals surface area (Å²) in [7, 11) is 0. The predicted octanol–water partition coefficient (Wildman–Crippen LogP) is 3.30. The molecule has 0 spiro atoms. The van der Waals surface area contributed by atoms with E-state index in [0.717, 1.165) is 20.8 Å². The van der Waals surface area contributed by atoms with Crippen LogP contribution in [-0.2, 0) is 0 Å². The number of carbonyl (C=O) groups excluding carboxylic acids is 1. The minimum Gasteiger partial charge on any atom is -0.321 e. The molecule has 0 fully saturated rings. The highest BCUT2D eigenvalue weighted by atomic mass is 32.1. The molecule has 0 aliphatic carbocycles. The second kappa shape index (κ2) is 6.29. The van der Waals surface area contributed by atoms with Gasteiger partial charge < -0.3 is 5.32 Å². The van der Waals surface area contributed by atoms with Crippen LogP contribution in [0.3, 0.4) is 0 Å². The zero-order chi connectivity index (χ0) is 17.2. The quantitative estimate of drug-likeness (QED) is 0.595. The summed E-state index contributed by atoms with van der Waals surface area (Å²) in [6.45, 7) is 0. The van der Waals surface area contributed by atoms with Crippen LogP contribution in [0.1, 0.15) is 10.5 Å². The molecular formula is C18H12N4O2S. The largest absolute Gasteiger partial charge is 0.321 e. The highest BCUT2D eigenvalue weighted by Gasteiger charge is 2.10. The molecule has 7 heteroatoms. The predicted molar refractivity (Wildman–Crippen MR) is 97.9 cm³/mol. The summed E-state index contributed by atoms with van der Waals surface area (Å²) in [5.74, 6) is -0.391. The molecule has 0 bridgehead atoms. The van der Waals surface area contributed by atoms with E-state index in [0.29, 0.717) is 5.69 Å². The maximum absolute atomic E-state index is 12.2. The summed E-state index contributed by atoms with van der Waals surface area (Å²) in [6, 6.07) is 18.1. The number of nitrogens with zero attached hydrogens (tertiary/aromatic N) is 2. The van der Waals surface area contributed by atoms with Gasteiger partial charge in [-0.05, 0) is 30.3 Å². The number of carbonyl (C=O) groups is 1. The maximum atomic E-state index is 12.2. The SMILES string of the molecule is O=C(Nc1cccc(-c2nc3ccccc3s2)c1)c1ccc(=O)[nH]n1. The fourth-order valence-electron chi connectivity index (χ4n) is 2.39. The molecule has 0 radical (unpaired) electrons. The lowest BCUT2D eigenvalue weighted by atomic mass is 10.2. The van der Waals surface area contributed by atoms with Crippen LogP contribution in [0.2, 0.25) is 0 Å². The molecule has 2 aromatic heterocycles. The summed E-state index contributed by atoms with van der Waals surface area (Å²) in [6.07, 6.45) is 0. The maximum Gasteiger partial charge on any atom is 0.276 e. The number of aromatic amines is 1. The first-order valence-corrected chi connectivity index (χ1v) is 8.34. The first kappa shape index (κ1) is 15.2. The molecule has 2 N–H and O–H groups in total. The van der Waals surface area contributed by atoms with Gasteiger partial charge in [-0.1, -0.05) is 24.3 Å². The average Bonchev–Trinajstić information content (AvgIpc) is 3.07. The number of fused-ring (bicyclic) bond motifs is 1. The van der Waals surface area contributed by atoms with Gasteiger partial charge in [-0.25, -0.2) is 10.1 Å². The van der Waals surface area contributed by atoms with E-state index < -0.39 is 5.91 Å². The Morgan fingerprint density at radius 2 is 1.92 bits per heavy atom. The van der Waals surface area contributed by atoms with Crippen LogP contribution in [0.4, 0.5) is 5.69 Å². The number of thiazole rings is 1. The third kappa shape index (κ3) is 3.17. The third-order valence-corrected chi connectivity index (χ3v) is 4.66. The van der Waals surface area contributed by atoms with Crippen molar-refractivity contribution >= 4 is 33.1 Å². The number of H-pyrrole nitrogens is 1. The van der Waals surface area contributed by atoms with Crippen molar-refractivity contribution in [3.63, 3.8) is 0 Å². The number of amides is 1. The lowest BCUT2D eigenvalue weighted by Gasteiger charge is -2.05. The molecule has 4 aromatic rings. The van der Waals surface area contributed by atoms with E-state index in [1.54, 1.807) is 17.4 Å². The number of rotatable bonds is 3. The van der Waals surface area contributed by atoms with Crippen LogP contribution in [0, 0.1) is 0 Å². The number of para-hydroxylation sites is 1. The van der Waals surface area contributed by atoms with Gasteiger partial charge in [-0.3, -0.25) is 9.59 Å². The lowest BCUT2D eigenvalue weighted by Crippen LogP contribution is -2.17. The second-order valence-corrected chi connectivity index (χ2v) is 6.36. The standard InChI is InChI=1S/C18H12N4O2S/c23-16-9-8-14(21-22-16)17(24)19-12-5-3-4-11(10-12)18-20-13-6-1-2-7-15(13)25-18/h1-10H,(H,19,24)(H,22,23). The van der Waals surface area contributed by atoms with Gasteiger partial charge in [-0.15, -0.1) is 11.3 Å². The highest BCUT2D eigenvalue weighted by molar-refractivity contribution is 7.21. The first-order valence-electron chi connectivity index (χ1n) is 7.52. The summed E-state index contributed by atoms with van der Waals surface area (Å²) >= 11 is 1.60. The average molecular weight is 348 g/mol. The van der Waals surface area contributed by atoms with Crippen molar-refractivity contribution in [3.8, 4) is 10.6 Å². The molecule has 0 atom stereocenters. The Balaban J connectivity index is 1.61.